The smallest absolute Gasteiger partial charge is 0.296 e. The summed E-state index contributed by atoms with van der Waals surface area (Å²) in [7, 11) is 0. The van der Waals surface area contributed by atoms with E-state index in [1.807, 2.05) is 0 Å². The summed E-state index contributed by atoms with van der Waals surface area (Å²) in [6, 6.07) is -0.00616. The maximum absolute atomic E-state index is 12.6. The molecule has 2 atom stereocenters. The van der Waals surface area contributed by atoms with Gasteiger partial charge < -0.3 is 5.32 Å². The summed E-state index contributed by atoms with van der Waals surface area (Å²) in [6.07, 6.45) is 0.991. The third-order valence-electron chi connectivity index (χ3n) is 1.94. The molecule has 0 aromatic rings. The van der Waals surface area contributed by atoms with Crippen LogP contribution in [0, 0.1) is 11.8 Å². The monoisotopic (exact) mass is 169 g/mol. The van der Waals surface area contributed by atoms with E-state index in [0.29, 0.717) is 12.8 Å². The van der Waals surface area contributed by atoms with Gasteiger partial charge in [-0.15, -0.1) is 0 Å². The average Bonchev–Trinajstić information content (AvgIpc) is 2.36. The molecule has 0 heterocycles. The first-order valence-electron chi connectivity index (χ1n) is 4.09. The molecule has 0 spiro atoms. The molecule has 0 aromatic heterocycles. The van der Waals surface area contributed by atoms with Crippen LogP contribution in [0.4, 0.5) is 4.39 Å². The molecule has 3 heteroatoms. The van der Waals surface area contributed by atoms with Crippen molar-refractivity contribution < 1.29 is 9.18 Å². The fraction of sp³-hybridized carbons (Fsp3) is 0.667. The zero-order valence-corrected chi connectivity index (χ0v) is 7.06. The Kier molecular flexibility index (Phi) is 3.09. The van der Waals surface area contributed by atoms with Crippen LogP contribution in [0.1, 0.15) is 26.2 Å². The van der Waals surface area contributed by atoms with Gasteiger partial charge in [-0.2, -0.15) is 0 Å². The fourth-order valence-corrected chi connectivity index (χ4v) is 1.39. The number of nitrogens with one attached hydrogen (secondary N) is 1. The molecule has 1 saturated carbocycles. The molecule has 1 aliphatic carbocycles. The lowest BCUT2D eigenvalue weighted by Gasteiger charge is -2.07. The van der Waals surface area contributed by atoms with Crippen LogP contribution in [-0.2, 0) is 4.79 Å². The molecule has 0 aliphatic heterocycles. The van der Waals surface area contributed by atoms with E-state index in [9.17, 15) is 9.18 Å². The van der Waals surface area contributed by atoms with Gasteiger partial charge in [-0.25, -0.2) is 4.39 Å². The van der Waals surface area contributed by atoms with E-state index in [2.05, 4.69) is 17.2 Å². The lowest BCUT2D eigenvalue weighted by molar-refractivity contribution is -0.116. The average molecular weight is 169 g/mol. The molecule has 2 unspecified atom stereocenters. The van der Waals surface area contributed by atoms with Crippen LogP contribution >= 0.6 is 0 Å². The summed E-state index contributed by atoms with van der Waals surface area (Å²) >= 11 is 0. The number of alkyl halides is 1. The van der Waals surface area contributed by atoms with Crippen molar-refractivity contribution in [2.75, 3.05) is 0 Å². The van der Waals surface area contributed by atoms with E-state index in [4.69, 9.17) is 0 Å². The summed E-state index contributed by atoms with van der Waals surface area (Å²) in [5.41, 5.74) is 0. The van der Waals surface area contributed by atoms with E-state index in [1.54, 1.807) is 6.92 Å². The SMILES string of the molecule is CC#CC(=O)NC1CCC(F)C1. The minimum atomic E-state index is -0.745. The number of carbonyl (C=O) groups is 1. The summed E-state index contributed by atoms with van der Waals surface area (Å²) in [4.78, 5) is 10.9. The number of rotatable bonds is 1. The zero-order valence-electron chi connectivity index (χ0n) is 7.06. The highest BCUT2D eigenvalue weighted by Gasteiger charge is 2.24. The first-order chi connectivity index (χ1) is 5.72. The van der Waals surface area contributed by atoms with Crippen LogP contribution in [0.3, 0.4) is 0 Å². The normalized spacial score (nSPS) is 27.5. The van der Waals surface area contributed by atoms with E-state index in [-0.39, 0.29) is 11.9 Å². The Morgan fingerprint density at radius 3 is 2.83 bits per heavy atom. The molecule has 2 nitrogen and oxygen atoms in total. The van der Waals surface area contributed by atoms with Gasteiger partial charge in [-0.05, 0) is 32.1 Å². The Labute approximate surface area is 71.5 Å². The maximum atomic E-state index is 12.6. The van der Waals surface area contributed by atoms with E-state index in [0.717, 1.165) is 6.42 Å². The van der Waals surface area contributed by atoms with Crippen molar-refractivity contribution in [3.05, 3.63) is 0 Å². The van der Waals surface area contributed by atoms with Gasteiger partial charge in [-0.1, -0.05) is 5.92 Å². The molecule has 1 fully saturated rings. The Morgan fingerprint density at radius 2 is 2.33 bits per heavy atom. The van der Waals surface area contributed by atoms with Crippen molar-refractivity contribution >= 4 is 5.91 Å². The first kappa shape index (κ1) is 9.05. The molecular formula is C9H12FNO. The highest BCUT2D eigenvalue weighted by molar-refractivity contribution is 5.93. The zero-order chi connectivity index (χ0) is 8.97. The minimum Gasteiger partial charge on any atom is -0.342 e. The fourth-order valence-electron chi connectivity index (χ4n) is 1.39. The van der Waals surface area contributed by atoms with Crippen LogP contribution in [0.5, 0.6) is 0 Å². The highest BCUT2D eigenvalue weighted by atomic mass is 19.1. The number of hydrogen-bond donors (Lipinski definition) is 1. The molecule has 66 valence electrons. The van der Waals surface area contributed by atoms with Crippen LogP contribution in [0.2, 0.25) is 0 Å². The van der Waals surface area contributed by atoms with Gasteiger partial charge in [-0.3, -0.25) is 4.79 Å². The van der Waals surface area contributed by atoms with E-state index in [1.165, 1.54) is 0 Å². The number of carbonyl (C=O) groups excluding carboxylic acids is 1. The number of hydrogen-bond acceptors (Lipinski definition) is 1. The lowest BCUT2D eigenvalue weighted by atomic mass is 10.2. The Bertz CT molecular complexity index is 228. The van der Waals surface area contributed by atoms with Crippen LogP contribution in [-0.4, -0.2) is 18.1 Å². The molecule has 1 rings (SSSR count). The highest BCUT2D eigenvalue weighted by Crippen LogP contribution is 2.21. The van der Waals surface area contributed by atoms with E-state index >= 15 is 0 Å². The van der Waals surface area contributed by atoms with Gasteiger partial charge >= 0.3 is 0 Å². The standard InChI is InChI=1S/C9H12FNO/c1-2-3-9(12)11-8-5-4-7(10)6-8/h7-8H,4-6H2,1H3,(H,11,12). The predicted octanol–water partition coefficient (Wildman–Crippen LogP) is 1.02. The Morgan fingerprint density at radius 1 is 1.58 bits per heavy atom. The van der Waals surface area contributed by atoms with Crippen LogP contribution < -0.4 is 5.32 Å². The lowest BCUT2D eigenvalue weighted by Crippen LogP contribution is -2.31. The van der Waals surface area contributed by atoms with Gasteiger partial charge in [0.15, 0.2) is 0 Å². The summed E-state index contributed by atoms with van der Waals surface area (Å²) in [5.74, 6) is 4.57. The van der Waals surface area contributed by atoms with Crippen molar-refractivity contribution in [3.63, 3.8) is 0 Å². The second kappa shape index (κ2) is 4.10. The van der Waals surface area contributed by atoms with Gasteiger partial charge in [0, 0.05) is 6.04 Å². The molecule has 1 aliphatic rings. The summed E-state index contributed by atoms with van der Waals surface area (Å²) in [5, 5.41) is 2.66. The molecule has 0 radical (unpaired) electrons. The molecule has 0 bridgehead atoms. The Balaban J connectivity index is 2.31. The number of amides is 1. The van der Waals surface area contributed by atoms with Crippen molar-refractivity contribution in [1.29, 1.82) is 0 Å². The van der Waals surface area contributed by atoms with Crippen molar-refractivity contribution in [2.45, 2.75) is 38.4 Å². The van der Waals surface area contributed by atoms with Gasteiger partial charge in [0.2, 0.25) is 0 Å². The topological polar surface area (TPSA) is 29.1 Å². The Hall–Kier alpha value is -1.04. The van der Waals surface area contributed by atoms with Crippen molar-refractivity contribution in [3.8, 4) is 11.8 Å². The summed E-state index contributed by atoms with van der Waals surface area (Å²) in [6.45, 7) is 1.60. The second-order valence-corrected chi connectivity index (χ2v) is 2.96. The molecule has 0 saturated heterocycles. The van der Waals surface area contributed by atoms with E-state index < -0.39 is 6.17 Å². The first-order valence-corrected chi connectivity index (χ1v) is 4.09. The predicted molar refractivity (Wildman–Crippen MR) is 44.1 cm³/mol. The van der Waals surface area contributed by atoms with Gasteiger partial charge in [0.05, 0.1) is 0 Å². The molecular weight excluding hydrogens is 157 g/mol. The molecule has 12 heavy (non-hydrogen) atoms. The minimum absolute atomic E-state index is 0.00616. The summed E-state index contributed by atoms with van der Waals surface area (Å²) < 4.78 is 12.6. The molecule has 0 aromatic carbocycles. The van der Waals surface area contributed by atoms with Gasteiger partial charge in [0.1, 0.15) is 6.17 Å². The molecule has 1 amide bonds. The third-order valence-corrected chi connectivity index (χ3v) is 1.94. The molecule has 1 N–H and O–H groups in total. The third kappa shape index (κ3) is 2.54. The van der Waals surface area contributed by atoms with Crippen molar-refractivity contribution in [1.82, 2.24) is 5.32 Å². The number of halogens is 1. The maximum Gasteiger partial charge on any atom is 0.296 e. The van der Waals surface area contributed by atoms with Crippen LogP contribution in [0.15, 0.2) is 0 Å². The van der Waals surface area contributed by atoms with Crippen molar-refractivity contribution in [2.24, 2.45) is 0 Å². The second-order valence-electron chi connectivity index (χ2n) is 2.96. The largest absolute Gasteiger partial charge is 0.342 e. The quantitative estimate of drug-likeness (QED) is 0.583. The van der Waals surface area contributed by atoms with Gasteiger partial charge in [0.25, 0.3) is 5.91 Å². The van der Waals surface area contributed by atoms with Crippen LogP contribution in [0.25, 0.3) is 0 Å².